The minimum absolute atomic E-state index is 0.276. The van der Waals surface area contributed by atoms with E-state index in [1.807, 2.05) is 39.8 Å². The summed E-state index contributed by atoms with van der Waals surface area (Å²) in [5.74, 6) is -0.376. The molecule has 1 aliphatic rings. The second kappa shape index (κ2) is 8.60. The maximum Gasteiger partial charge on any atom is 0.338 e. The number of ether oxygens (including phenoxy) is 1. The van der Waals surface area contributed by atoms with Crippen molar-refractivity contribution >= 4 is 35.0 Å². The Morgan fingerprint density at radius 1 is 1.25 bits per heavy atom. The Hall–Kier alpha value is -2.61. The molecule has 0 bridgehead atoms. The number of carbonyl (C=O) groups is 2. The zero-order valence-corrected chi connectivity index (χ0v) is 18.0. The van der Waals surface area contributed by atoms with Crippen molar-refractivity contribution in [3.05, 3.63) is 41.1 Å². The molecular weight excluding hydrogens is 376 g/mol. The molecule has 1 aromatic rings. The van der Waals surface area contributed by atoms with Crippen LogP contribution in [-0.4, -0.2) is 41.2 Å². The molecule has 1 atom stereocenters. The van der Waals surface area contributed by atoms with Crippen LogP contribution >= 0.6 is 12.2 Å². The van der Waals surface area contributed by atoms with E-state index in [1.54, 1.807) is 31.0 Å². The number of esters is 1. The van der Waals surface area contributed by atoms with Crippen LogP contribution in [0.25, 0.3) is 0 Å². The highest BCUT2D eigenvalue weighted by Crippen LogP contribution is 2.31. The molecule has 1 aromatic carbocycles. The molecule has 0 saturated carbocycles. The fourth-order valence-electron chi connectivity index (χ4n) is 2.82. The average Bonchev–Trinajstić information content (AvgIpc) is 2.58. The summed E-state index contributed by atoms with van der Waals surface area (Å²) in [6.45, 7) is 9.65. The second-order valence-electron chi connectivity index (χ2n) is 7.61. The zero-order chi connectivity index (χ0) is 21.1. The highest BCUT2D eigenvalue weighted by molar-refractivity contribution is 7.80. The number of allylic oxidation sites excluding steroid dienone is 1. The van der Waals surface area contributed by atoms with Crippen LogP contribution in [0.15, 0.2) is 35.5 Å². The summed E-state index contributed by atoms with van der Waals surface area (Å²) in [6, 6.07) is 6.59. The van der Waals surface area contributed by atoms with E-state index in [0.29, 0.717) is 23.0 Å². The van der Waals surface area contributed by atoms with Crippen molar-refractivity contribution in [3.8, 4) is 0 Å². The molecule has 0 aliphatic carbocycles. The van der Waals surface area contributed by atoms with Crippen LogP contribution in [0.2, 0.25) is 0 Å². The van der Waals surface area contributed by atoms with Crippen molar-refractivity contribution in [3.63, 3.8) is 0 Å². The van der Waals surface area contributed by atoms with Crippen molar-refractivity contribution in [2.75, 3.05) is 19.0 Å². The molecule has 28 heavy (non-hydrogen) atoms. The molecule has 0 fully saturated rings. The standard InChI is InChI=1S/C20H28N4O3S/c1-7-27-17(25)15-12(2)24(6)19(28)22-16(15)13-8-10-14(11-9-13)21-18(26)23-20(3,4)5/h8-11,16H,7H2,1-6H3,(H,22,28)(H2,21,23,26)/t16-/m0/s1. The lowest BCUT2D eigenvalue weighted by atomic mass is 9.95. The molecule has 1 aliphatic heterocycles. The molecule has 0 aromatic heterocycles. The van der Waals surface area contributed by atoms with E-state index in [1.165, 1.54) is 0 Å². The number of carbonyl (C=O) groups excluding carboxylic acids is 2. The summed E-state index contributed by atoms with van der Waals surface area (Å²) in [5.41, 5.74) is 2.44. The number of hydrogen-bond donors (Lipinski definition) is 3. The summed E-state index contributed by atoms with van der Waals surface area (Å²) in [4.78, 5) is 26.3. The number of rotatable bonds is 4. The molecule has 0 unspecified atom stereocenters. The van der Waals surface area contributed by atoms with Crippen LogP contribution in [-0.2, 0) is 9.53 Å². The third-order valence-corrected chi connectivity index (χ3v) is 4.63. The molecule has 0 radical (unpaired) electrons. The first-order valence-electron chi connectivity index (χ1n) is 9.14. The summed E-state index contributed by atoms with van der Waals surface area (Å²) < 4.78 is 5.24. The molecule has 8 heteroatoms. The maximum absolute atomic E-state index is 12.5. The van der Waals surface area contributed by atoms with Gasteiger partial charge in [0, 0.05) is 24.0 Å². The number of anilines is 1. The predicted octanol–water partition coefficient (Wildman–Crippen LogP) is 3.30. The Labute approximate surface area is 171 Å². The molecule has 0 spiro atoms. The molecule has 7 nitrogen and oxygen atoms in total. The number of hydrogen-bond acceptors (Lipinski definition) is 4. The lowest BCUT2D eigenvalue weighted by Gasteiger charge is -2.35. The van der Waals surface area contributed by atoms with Gasteiger partial charge in [0.2, 0.25) is 0 Å². The highest BCUT2D eigenvalue weighted by atomic mass is 32.1. The number of nitrogens with one attached hydrogen (secondary N) is 3. The van der Waals surface area contributed by atoms with Gasteiger partial charge in [-0.25, -0.2) is 9.59 Å². The van der Waals surface area contributed by atoms with Gasteiger partial charge in [-0.1, -0.05) is 12.1 Å². The fourth-order valence-corrected chi connectivity index (χ4v) is 3.08. The van der Waals surface area contributed by atoms with Crippen molar-refractivity contribution in [1.29, 1.82) is 0 Å². The van der Waals surface area contributed by atoms with Gasteiger partial charge in [-0.3, -0.25) is 0 Å². The van der Waals surface area contributed by atoms with Gasteiger partial charge < -0.3 is 25.6 Å². The minimum Gasteiger partial charge on any atom is -0.463 e. The number of amides is 2. The van der Waals surface area contributed by atoms with Gasteiger partial charge in [-0.05, 0) is 64.5 Å². The monoisotopic (exact) mass is 404 g/mol. The molecule has 1 heterocycles. The largest absolute Gasteiger partial charge is 0.463 e. The van der Waals surface area contributed by atoms with E-state index >= 15 is 0 Å². The van der Waals surface area contributed by atoms with E-state index in [0.717, 1.165) is 11.3 Å². The molecule has 2 rings (SSSR count). The minimum atomic E-state index is -0.416. The zero-order valence-electron chi connectivity index (χ0n) is 17.2. The third-order valence-electron chi connectivity index (χ3n) is 4.24. The van der Waals surface area contributed by atoms with Crippen molar-refractivity contribution in [2.24, 2.45) is 0 Å². The number of nitrogens with zero attached hydrogens (tertiary/aromatic N) is 1. The number of urea groups is 1. The Morgan fingerprint density at radius 2 is 1.86 bits per heavy atom. The Balaban J connectivity index is 2.26. The number of benzene rings is 1. The van der Waals surface area contributed by atoms with E-state index in [2.05, 4.69) is 16.0 Å². The fraction of sp³-hybridized carbons (Fsp3) is 0.450. The van der Waals surface area contributed by atoms with E-state index < -0.39 is 6.04 Å². The molecule has 3 N–H and O–H groups in total. The first-order chi connectivity index (χ1) is 13.0. The molecule has 152 valence electrons. The quantitative estimate of drug-likeness (QED) is 0.528. The van der Waals surface area contributed by atoms with Crippen LogP contribution < -0.4 is 16.0 Å². The number of thiocarbonyl (C=S) groups is 1. The molecule has 0 saturated heterocycles. The van der Waals surface area contributed by atoms with Crippen LogP contribution in [0.3, 0.4) is 0 Å². The maximum atomic E-state index is 12.5. The smallest absolute Gasteiger partial charge is 0.338 e. The molecular formula is C20H28N4O3S. The van der Waals surface area contributed by atoms with Gasteiger partial charge in [-0.2, -0.15) is 0 Å². The summed E-state index contributed by atoms with van der Waals surface area (Å²) >= 11 is 5.38. The van der Waals surface area contributed by atoms with Crippen LogP contribution in [0.5, 0.6) is 0 Å². The SMILES string of the molecule is CCOC(=O)C1=C(C)N(C)C(=S)N[C@H]1c1ccc(NC(=O)NC(C)(C)C)cc1. The first kappa shape index (κ1) is 21.7. The van der Waals surface area contributed by atoms with Gasteiger partial charge in [0.05, 0.1) is 18.2 Å². The van der Waals surface area contributed by atoms with Gasteiger partial charge in [0.25, 0.3) is 0 Å². The Kier molecular flexibility index (Phi) is 6.66. The summed E-state index contributed by atoms with van der Waals surface area (Å²) in [5, 5.41) is 9.37. The van der Waals surface area contributed by atoms with Crippen molar-refractivity contribution in [2.45, 2.75) is 46.2 Å². The van der Waals surface area contributed by atoms with Crippen LogP contribution in [0.4, 0.5) is 10.5 Å². The topological polar surface area (TPSA) is 82.7 Å². The van der Waals surface area contributed by atoms with Gasteiger partial charge in [-0.15, -0.1) is 0 Å². The Morgan fingerprint density at radius 3 is 2.39 bits per heavy atom. The van der Waals surface area contributed by atoms with Gasteiger partial charge in [0.1, 0.15) is 0 Å². The normalized spacial score (nSPS) is 17.1. The second-order valence-corrected chi connectivity index (χ2v) is 8.00. The van der Waals surface area contributed by atoms with Crippen molar-refractivity contribution in [1.82, 2.24) is 15.5 Å². The predicted molar refractivity (Wildman–Crippen MR) is 114 cm³/mol. The lowest BCUT2D eigenvalue weighted by molar-refractivity contribution is -0.139. The first-order valence-corrected chi connectivity index (χ1v) is 9.55. The van der Waals surface area contributed by atoms with Crippen LogP contribution in [0, 0.1) is 0 Å². The van der Waals surface area contributed by atoms with E-state index in [-0.39, 0.29) is 17.5 Å². The lowest BCUT2D eigenvalue weighted by Crippen LogP contribution is -2.46. The van der Waals surface area contributed by atoms with E-state index in [4.69, 9.17) is 17.0 Å². The third kappa shape index (κ3) is 5.22. The van der Waals surface area contributed by atoms with Gasteiger partial charge in [0.15, 0.2) is 5.11 Å². The van der Waals surface area contributed by atoms with E-state index in [9.17, 15) is 9.59 Å². The van der Waals surface area contributed by atoms with Crippen molar-refractivity contribution < 1.29 is 14.3 Å². The Bertz CT molecular complexity index is 797. The highest BCUT2D eigenvalue weighted by Gasteiger charge is 2.33. The summed E-state index contributed by atoms with van der Waals surface area (Å²) in [7, 11) is 1.81. The van der Waals surface area contributed by atoms with Crippen LogP contribution in [0.1, 0.15) is 46.2 Å². The average molecular weight is 405 g/mol. The summed E-state index contributed by atoms with van der Waals surface area (Å²) in [6.07, 6.45) is 0. The van der Waals surface area contributed by atoms with Gasteiger partial charge >= 0.3 is 12.0 Å². The molecule has 2 amide bonds.